The number of ether oxygens (including phenoxy) is 1. The predicted octanol–water partition coefficient (Wildman–Crippen LogP) is 3.55. The van der Waals surface area contributed by atoms with E-state index < -0.39 is 17.6 Å². The summed E-state index contributed by atoms with van der Waals surface area (Å²) >= 11 is 0. The zero-order valence-corrected chi connectivity index (χ0v) is 18.5. The number of ketones is 1. The highest BCUT2D eigenvalue weighted by molar-refractivity contribution is 5.93. The highest BCUT2D eigenvalue weighted by Crippen LogP contribution is 2.36. The number of hydrogen-bond acceptors (Lipinski definition) is 5. The second-order valence-corrected chi connectivity index (χ2v) is 8.62. The third-order valence-corrected chi connectivity index (χ3v) is 5.75. The summed E-state index contributed by atoms with van der Waals surface area (Å²) in [5, 5.41) is 11.9. The molecule has 1 aliphatic rings. The lowest BCUT2D eigenvalue weighted by molar-refractivity contribution is -0.143. The maximum absolute atomic E-state index is 12.8. The van der Waals surface area contributed by atoms with Gasteiger partial charge in [-0.3, -0.25) is 14.4 Å². The minimum Gasteiger partial charge on any atom is -0.480 e. The monoisotopic (exact) mass is 438 g/mol. The van der Waals surface area contributed by atoms with Crippen LogP contribution in [-0.4, -0.2) is 34.4 Å². The quantitative estimate of drug-likeness (QED) is 0.551. The van der Waals surface area contributed by atoms with Crippen molar-refractivity contribution in [1.29, 1.82) is 0 Å². The summed E-state index contributed by atoms with van der Waals surface area (Å²) in [6, 6.07) is 11.7. The Morgan fingerprint density at radius 1 is 1.06 bits per heavy atom. The number of anilines is 1. The van der Waals surface area contributed by atoms with Crippen LogP contribution in [0.25, 0.3) is 0 Å². The first-order valence-corrected chi connectivity index (χ1v) is 10.8. The lowest BCUT2D eigenvalue weighted by Gasteiger charge is -2.29. The minimum atomic E-state index is -1.23. The first-order valence-electron chi connectivity index (χ1n) is 10.8. The molecule has 7 heteroatoms. The van der Waals surface area contributed by atoms with E-state index in [1.54, 1.807) is 24.3 Å². The summed E-state index contributed by atoms with van der Waals surface area (Å²) in [6.07, 6.45) is 2.71. The van der Waals surface area contributed by atoms with E-state index in [2.05, 4.69) is 5.32 Å². The second kappa shape index (κ2) is 9.96. The molecule has 0 aromatic heterocycles. The van der Waals surface area contributed by atoms with Crippen molar-refractivity contribution in [2.75, 3.05) is 5.32 Å². The smallest absolute Gasteiger partial charge is 0.320 e. The van der Waals surface area contributed by atoms with Crippen molar-refractivity contribution in [3.8, 4) is 5.75 Å². The van der Waals surface area contributed by atoms with Crippen LogP contribution in [0, 0.1) is 13.8 Å². The average molecular weight is 439 g/mol. The van der Waals surface area contributed by atoms with E-state index in [1.807, 2.05) is 32.0 Å². The normalized spacial score (nSPS) is 15.7. The lowest BCUT2D eigenvalue weighted by Crippen LogP contribution is -2.46. The minimum absolute atomic E-state index is 0.117. The molecule has 1 fully saturated rings. The van der Waals surface area contributed by atoms with Crippen LogP contribution in [0.15, 0.2) is 42.5 Å². The SMILES string of the molecule is Cc1cc(C)cc(NC(=O)Cc2ccc(OC3(C(=O)C[C@H](N)C(=O)O)CCCC3)cc2)c1. The lowest BCUT2D eigenvalue weighted by atomic mass is 9.91. The van der Waals surface area contributed by atoms with Gasteiger partial charge in [0.1, 0.15) is 11.8 Å². The molecule has 0 aliphatic heterocycles. The van der Waals surface area contributed by atoms with E-state index in [9.17, 15) is 14.4 Å². The molecule has 0 spiro atoms. The summed E-state index contributed by atoms with van der Waals surface area (Å²) < 4.78 is 6.09. The Morgan fingerprint density at radius 3 is 2.22 bits per heavy atom. The number of carboxylic acids is 1. The number of carbonyl (C=O) groups excluding carboxylic acids is 2. The fourth-order valence-corrected chi connectivity index (χ4v) is 4.20. The summed E-state index contributed by atoms with van der Waals surface area (Å²) in [4.78, 5) is 36.3. The molecule has 1 saturated carbocycles. The van der Waals surface area contributed by atoms with Gasteiger partial charge in [0, 0.05) is 12.1 Å². The van der Waals surface area contributed by atoms with Crippen LogP contribution in [0.5, 0.6) is 5.75 Å². The number of benzene rings is 2. The van der Waals surface area contributed by atoms with E-state index in [4.69, 9.17) is 15.6 Å². The van der Waals surface area contributed by atoms with E-state index in [-0.39, 0.29) is 24.5 Å². The molecule has 32 heavy (non-hydrogen) atoms. The number of Topliss-reactive ketones (excluding diaryl/α,β-unsaturated/α-hetero) is 1. The van der Waals surface area contributed by atoms with Crippen molar-refractivity contribution in [2.24, 2.45) is 5.73 Å². The van der Waals surface area contributed by atoms with Gasteiger partial charge in [-0.25, -0.2) is 0 Å². The van der Waals surface area contributed by atoms with Gasteiger partial charge in [-0.1, -0.05) is 18.2 Å². The highest BCUT2D eigenvalue weighted by atomic mass is 16.5. The van der Waals surface area contributed by atoms with Gasteiger partial charge in [-0.2, -0.15) is 0 Å². The summed E-state index contributed by atoms with van der Waals surface area (Å²) in [5.74, 6) is -1.08. The number of aliphatic carboxylic acids is 1. The Bertz CT molecular complexity index is 974. The Kier molecular flexibility index (Phi) is 7.30. The predicted molar refractivity (Wildman–Crippen MR) is 122 cm³/mol. The van der Waals surface area contributed by atoms with Gasteiger partial charge in [0.25, 0.3) is 0 Å². The van der Waals surface area contributed by atoms with Crippen molar-refractivity contribution < 1.29 is 24.2 Å². The standard InChI is InChI=1S/C25H30N2O5/c1-16-11-17(2)13-19(12-16)27-23(29)14-18-5-7-20(8-6-18)32-25(9-3-4-10-25)22(28)15-21(26)24(30)31/h5-8,11-13,21H,3-4,9-10,14-15,26H2,1-2H3,(H,27,29)(H,30,31)/t21-/m0/s1. The van der Waals surface area contributed by atoms with Crippen LogP contribution < -0.4 is 15.8 Å². The van der Waals surface area contributed by atoms with Crippen LogP contribution in [0.1, 0.15) is 48.8 Å². The number of hydrogen-bond donors (Lipinski definition) is 3. The van der Waals surface area contributed by atoms with Gasteiger partial charge >= 0.3 is 5.97 Å². The Morgan fingerprint density at radius 2 is 1.66 bits per heavy atom. The zero-order chi connectivity index (χ0) is 23.3. The third kappa shape index (κ3) is 5.95. The fourth-order valence-electron chi connectivity index (χ4n) is 4.20. The third-order valence-electron chi connectivity index (χ3n) is 5.75. The van der Waals surface area contributed by atoms with Gasteiger partial charge in [0.15, 0.2) is 11.4 Å². The molecule has 1 atom stereocenters. The number of carbonyl (C=O) groups is 3. The van der Waals surface area contributed by atoms with Crippen molar-refractivity contribution in [3.63, 3.8) is 0 Å². The molecule has 4 N–H and O–H groups in total. The summed E-state index contributed by atoms with van der Waals surface area (Å²) in [6.45, 7) is 3.97. The molecule has 0 radical (unpaired) electrons. The van der Waals surface area contributed by atoms with Crippen molar-refractivity contribution in [2.45, 2.75) is 64.0 Å². The number of amides is 1. The fraction of sp³-hybridized carbons (Fsp3) is 0.400. The van der Waals surface area contributed by atoms with Gasteiger partial charge in [-0.15, -0.1) is 0 Å². The molecule has 7 nitrogen and oxygen atoms in total. The van der Waals surface area contributed by atoms with Crippen molar-refractivity contribution >= 4 is 23.3 Å². The largest absolute Gasteiger partial charge is 0.480 e. The Hall–Kier alpha value is -3.19. The molecule has 0 saturated heterocycles. The molecule has 0 heterocycles. The highest BCUT2D eigenvalue weighted by Gasteiger charge is 2.44. The molecule has 1 amide bonds. The topological polar surface area (TPSA) is 119 Å². The Balaban J connectivity index is 1.63. The molecule has 0 bridgehead atoms. The maximum atomic E-state index is 12.8. The van der Waals surface area contributed by atoms with E-state index in [0.29, 0.717) is 18.6 Å². The molecule has 170 valence electrons. The van der Waals surface area contributed by atoms with Crippen LogP contribution in [-0.2, 0) is 20.8 Å². The van der Waals surface area contributed by atoms with Gasteiger partial charge in [0.05, 0.1) is 6.42 Å². The summed E-state index contributed by atoms with van der Waals surface area (Å²) in [5.41, 5.74) is 8.29. The number of carboxylic acid groups (broad SMARTS) is 1. The van der Waals surface area contributed by atoms with E-state index in [0.717, 1.165) is 35.2 Å². The summed E-state index contributed by atoms with van der Waals surface area (Å²) in [7, 11) is 0. The van der Waals surface area contributed by atoms with Crippen LogP contribution in [0.2, 0.25) is 0 Å². The van der Waals surface area contributed by atoms with E-state index >= 15 is 0 Å². The Labute approximate surface area is 188 Å². The number of nitrogens with one attached hydrogen (secondary N) is 1. The van der Waals surface area contributed by atoms with Crippen molar-refractivity contribution in [3.05, 3.63) is 59.2 Å². The first kappa shape index (κ1) is 23.5. The molecule has 2 aromatic rings. The second-order valence-electron chi connectivity index (χ2n) is 8.62. The molecular weight excluding hydrogens is 408 g/mol. The molecule has 0 unspecified atom stereocenters. The van der Waals surface area contributed by atoms with Crippen LogP contribution in [0.3, 0.4) is 0 Å². The first-order chi connectivity index (χ1) is 15.2. The van der Waals surface area contributed by atoms with Crippen LogP contribution >= 0.6 is 0 Å². The molecular formula is C25H30N2O5. The zero-order valence-electron chi connectivity index (χ0n) is 18.5. The van der Waals surface area contributed by atoms with Crippen molar-refractivity contribution in [1.82, 2.24) is 0 Å². The van der Waals surface area contributed by atoms with Gasteiger partial charge in [0.2, 0.25) is 5.91 Å². The van der Waals surface area contributed by atoms with Crippen LogP contribution in [0.4, 0.5) is 5.69 Å². The number of aryl methyl sites for hydroxylation is 2. The number of nitrogens with two attached hydrogens (primary N) is 1. The maximum Gasteiger partial charge on any atom is 0.320 e. The molecule has 3 rings (SSSR count). The van der Waals surface area contributed by atoms with Gasteiger partial charge < -0.3 is 20.9 Å². The van der Waals surface area contributed by atoms with Gasteiger partial charge in [-0.05, 0) is 80.5 Å². The molecule has 1 aliphatic carbocycles. The number of rotatable bonds is 9. The average Bonchev–Trinajstić information content (AvgIpc) is 3.18. The molecule has 2 aromatic carbocycles. The van der Waals surface area contributed by atoms with E-state index in [1.165, 1.54) is 0 Å².